The lowest BCUT2D eigenvalue weighted by atomic mass is 9.73. The standard InChI is InChI=1S/C22H33BrN4O5/c1-7-30-19(28)15-18(24-13(2)17(23)25-15)27-10-8-22(9-11-27)12-31-14(3)16(22)26-20(29)32-21(4,5)6/h14,16H,7-12H2,1-6H3,(H,26,29)/t14-,16+/m0/s1. The van der Waals surface area contributed by atoms with Gasteiger partial charge in [0.25, 0.3) is 0 Å². The fourth-order valence-corrected chi connectivity index (χ4v) is 4.62. The normalized spacial score (nSPS) is 22.7. The Morgan fingerprint density at radius 1 is 1.28 bits per heavy atom. The van der Waals surface area contributed by atoms with Crippen LogP contribution in [-0.4, -0.2) is 66.1 Å². The van der Waals surface area contributed by atoms with Crippen LogP contribution in [0.1, 0.15) is 63.6 Å². The third kappa shape index (κ3) is 5.33. The van der Waals surface area contributed by atoms with Crippen molar-refractivity contribution < 1.29 is 23.8 Å². The van der Waals surface area contributed by atoms with Gasteiger partial charge in [-0.15, -0.1) is 0 Å². The highest BCUT2D eigenvalue weighted by Crippen LogP contribution is 2.43. The second-order valence-electron chi connectivity index (χ2n) is 9.48. The number of hydrogen-bond donors (Lipinski definition) is 1. The van der Waals surface area contributed by atoms with Gasteiger partial charge < -0.3 is 24.4 Å². The van der Waals surface area contributed by atoms with E-state index in [9.17, 15) is 9.59 Å². The Kier molecular flexibility index (Phi) is 7.34. The van der Waals surface area contributed by atoms with Crippen molar-refractivity contribution in [3.05, 3.63) is 16.0 Å². The Labute approximate surface area is 197 Å². The number of carbonyl (C=O) groups is 2. The molecule has 178 valence electrons. The van der Waals surface area contributed by atoms with Gasteiger partial charge in [0.05, 0.1) is 31.1 Å². The van der Waals surface area contributed by atoms with E-state index >= 15 is 0 Å². The zero-order chi connectivity index (χ0) is 23.7. The first kappa shape index (κ1) is 24.7. The summed E-state index contributed by atoms with van der Waals surface area (Å²) >= 11 is 3.36. The molecule has 0 aliphatic carbocycles. The zero-order valence-corrected chi connectivity index (χ0v) is 21.2. The number of esters is 1. The second kappa shape index (κ2) is 9.51. The molecule has 0 radical (unpaired) electrons. The number of carbonyl (C=O) groups excluding carboxylic acids is 2. The smallest absolute Gasteiger partial charge is 0.407 e. The fourth-order valence-electron chi connectivity index (χ4n) is 4.35. The molecule has 3 rings (SSSR count). The molecule has 1 aromatic heterocycles. The largest absolute Gasteiger partial charge is 0.461 e. The van der Waals surface area contributed by atoms with Gasteiger partial charge in [-0.25, -0.2) is 19.6 Å². The van der Waals surface area contributed by atoms with Crippen LogP contribution in [0.15, 0.2) is 4.60 Å². The monoisotopic (exact) mass is 512 g/mol. The van der Waals surface area contributed by atoms with Gasteiger partial charge in [0.2, 0.25) is 0 Å². The minimum Gasteiger partial charge on any atom is -0.461 e. The molecule has 1 spiro atoms. The highest BCUT2D eigenvalue weighted by molar-refractivity contribution is 9.10. The van der Waals surface area contributed by atoms with Crippen molar-refractivity contribution in [1.29, 1.82) is 0 Å². The Bertz CT molecular complexity index is 865. The van der Waals surface area contributed by atoms with E-state index in [4.69, 9.17) is 14.2 Å². The van der Waals surface area contributed by atoms with Crippen LogP contribution in [0.4, 0.5) is 10.6 Å². The molecule has 0 bridgehead atoms. The molecule has 2 aliphatic heterocycles. The summed E-state index contributed by atoms with van der Waals surface area (Å²) < 4.78 is 17.2. The number of hydrogen-bond acceptors (Lipinski definition) is 8. The molecule has 2 saturated heterocycles. The summed E-state index contributed by atoms with van der Waals surface area (Å²) in [5, 5.41) is 3.05. The summed E-state index contributed by atoms with van der Waals surface area (Å²) in [5.41, 5.74) is 0.148. The number of alkyl carbamates (subject to hydrolysis) is 1. The molecule has 0 unspecified atom stereocenters. The molecule has 3 heterocycles. The van der Waals surface area contributed by atoms with Crippen LogP contribution < -0.4 is 10.2 Å². The number of anilines is 1. The van der Waals surface area contributed by atoms with E-state index in [2.05, 4.69) is 36.1 Å². The van der Waals surface area contributed by atoms with Gasteiger partial charge in [0, 0.05) is 18.5 Å². The number of halogens is 1. The Balaban J connectivity index is 1.77. The molecule has 2 fully saturated rings. The third-order valence-corrected chi connectivity index (χ3v) is 6.71. The summed E-state index contributed by atoms with van der Waals surface area (Å²) in [5.74, 6) is 0.0425. The maximum absolute atomic E-state index is 12.5. The van der Waals surface area contributed by atoms with Gasteiger partial charge in [-0.1, -0.05) is 0 Å². The van der Waals surface area contributed by atoms with Crippen molar-refractivity contribution in [2.75, 3.05) is 31.2 Å². The fraction of sp³-hybridized carbons (Fsp3) is 0.727. The first-order valence-corrected chi connectivity index (χ1v) is 11.8. The van der Waals surface area contributed by atoms with Crippen molar-refractivity contribution in [1.82, 2.24) is 15.3 Å². The minimum absolute atomic E-state index is 0.112. The number of rotatable bonds is 4. The van der Waals surface area contributed by atoms with E-state index in [1.54, 1.807) is 6.92 Å². The van der Waals surface area contributed by atoms with Crippen LogP contribution in [-0.2, 0) is 14.2 Å². The molecule has 0 aromatic carbocycles. The molecule has 2 atom stereocenters. The van der Waals surface area contributed by atoms with E-state index in [1.807, 2.05) is 34.6 Å². The van der Waals surface area contributed by atoms with Crippen molar-refractivity contribution in [3.63, 3.8) is 0 Å². The number of nitrogens with zero attached hydrogens (tertiary/aromatic N) is 3. The van der Waals surface area contributed by atoms with Crippen LogP contribution in [0, 0.1) is 12.3 Å². The molecule has 0 saturated carbocycles. The SMILES string of the molecule is CCOC(=O)c1nc(Br)c(C)nc1N1CCC2(CC1)CO[C@@H](C)[C@H]2NC(=O)OC(C)(C)C. The van der Waals surface area contributed by atoms with Crippen LogP contribution >= 0.6 is 15.9 Å². The topological polar surface area (TPSA) is 103 Å². The van der Waals surface area contributed by atoms with Crippen LogP contribution in [0.3, 0.4) is 0 Å². The lowest BCUT2D eigenvalue weighted by Gasteiger charge is -2.43. The second-order valence-corrected chi connectivity index (χ2v) is 10.2. The molecule has 32 heavy (non-hydrogen) atoms. The highest BCUT2D eigenvalue weighted by atomic mass is 79.9. The Morgan fingerprint density at radius 2 is 1.94 bits per heavy atom. The maximum Gasteiger partial charge on any atom is 0.407 e. The van der Waals surface area contributed by atoms with Crippen LogP contribution in [0.25, 0.3) is 0 Å². The summed E-state index contributed by atoms with van der Waals surface area (Å²) in [6, 6.07) is -0.151. The predicted molar refractivity (Wildman–Crippen MR) is 123 cm³/mol. The van der Waals surface area contributed by atoms with E-state index < -0.39 is 17.7 Å². The summed E-state index contributed by atoms with van der Waals surface area (Å²) in [6.07, 6.45) is 1.01. The van der Waals surface area contributed by atoms with Gasteiger partial charge in [-0.2, -0.15) is 0 Å². The maximum atomic E-state index is 12.5. The number of aromatic nitrogens is 2. The number of piperidine rings is 1. The van der Waals surface area contributed by atoms with Gasteiger partial charge in [-0.05, 0) is 70.3 Å². The summed E-state index contributed by atoms with van der Waals surface area (Å²) in [4.78, 5) is 36.0. The molecular formula is C22H33BrN4O5. The lowest BCUT2D eigenvalue weighted by molar-refractivity contribution is 0.0432. The van der Waals surface area contributed by atoms with Gasteiger partial charge in [-0.3, -0.25) is 0 Å². The molecule has 10 heteroatoms. The lowest BCUT2D eigenvalue weighted by Crippen LogP contribution is -2.55. The van der Waals surface area contributed by atoms with Gasteiger partial charge in [0.1, 0.15) is 10.2 Å². The van der Waals surface area contributed by atoms with Crippen LogP contribution in [0.5, 0.6) is 0 Å². The molecular weight excluding hydrogens is 480 g/mol. The third-order valence-electron chi connectivity index (χ3n) is 5.96. The van der Waals surface area contributed by atoms with E-state index in [-0.39, 0.29) is 29.9 Å². The Hall–Kier alpha value is -1.94. The molecule has 1 aromatic rings. The average Bonchev–Trinajstić information content (AvgIpc) is 2.99. The predicted octanol–water partition coefficient (Wildman–Crippen LogP) is 3.62. The zero-order valence-electron chi connectivity index (χ0n) is 19.7. The van der Waals surface area contributed by atoms with Gasteiger partial charge >= 0.3 is 12.1 Å². The van der Waals surface area contributed by atoms with E-state index in [0.717, 1.165) is 12.8 Å². The number of aryl methyl sites for hydroxylation is 1. The molecule has 2 aliphatic rings. The number of nitrogens with one attached hydrogen (secondary N) is 1. The van der Waals surface area contributed by atoms with Gasteiger partial charge in [0.15, 0.2) is 11.5 Å². The number of amides is 1. The molecule has 9 nitrogen and oxygen atoms in total. The summed E-state index contributed by atoms with van der Waals surface area (Å²) in [6.45, 7) is 13.3. The molecule has 1 amide bonds. The van der Waals surface area contributed by atoms with E-state index in [1.165, 1.54) is 0 Å². The Morgan fingerprint density at radius 3 is 2.53 bits per heavy atom. The van der Waals surface area contributed by atoms with Crippen molar-refractivity contribution in [2.45, 2.75) is 72.1 Å². The first-order chi connectivity index (χ1) is 15.0. The average molecular weight is 513 g/mol. The van der Waals surface area contributed by atoms with Crippen molar-refractivity contribution in [2.24, 2.45) is 5.41 Å². The summed E-state index contributed by atoms with van der Waals surface area (Å²) in [7, 11) is 0. The minimum atomic E-state index is -0.565. The number of ether oxygens (including phenoxy) is 3. The molecule has 1 N–H and O–H groups in total. The van der Waals surface area contributed by atoms with E-state index in [0.29, 0.717) is 35.8 Å². The highest BCUT2D eigenvalue weighted by Gasteiger charge is 2.51. The quantitative estimate of drug-likeness (QED) is 0.610. The van der Waals surface area contributed by atoms with Crippen molar-refractivity contribution in [3.8, 4) is 0 Å². The van der Waals surface area contributed by atoms with Crippen molar-refractivity contribution >= 4 is 33.8 Å². The van der Waals surface area contributed by atoms with Crippen LogP contribution in [0.2, 0.25) is 0 Å². The first-order valence-electron chi connectivity index (χ1n) is 11.0.